The summed E-state index contributed by atoms with van der Waals surface area (Å²) < 4.78 is 0. The molecule has 19 heavy (non-hydrogen) atoms. The van der Waals surface area contributed by atoms with E-state index in [1.54, 1.807) is 0 Å². The van der Waals surface area contributed by atoms with Gasteiger partial charge in [0.05, 0.1) is 0 Å². The number of hydrogen-bond acceptors (Lipinski definition) is 2. The second-order valence-corrected chi connectivity index (χ2v) is 5.88. The fourth-order valence-electron chi connectivity index (χ4n) is 3.23. The molecule has 0 saturated carbocycles. The number of piperidine rings is 1. The molecule has 1 fully saturated rings. The van der Waals surface area contributed by atoms with Crippen molar-refractivity contribution in [1.82, 2.24) is 5.32 Å². The fraction of sp³-hybridized carbons (Fsp3) is 0.647. The van der Waals surface area contributed by atoms with E-state index in [4.69, 9.17) is 0 Å². The van der Waals surface area contributed by atoms with Crippen molar-refractivity contribution in [1.29, 1.82) is 0 Å². The van der Waals surface area contributed by atoms with Crippen LogP contribution in [-0.4, -0.2) is 20.1 Å². The van der Waals surface area contributed by atoms with Crippen LogP contribution in [0.15, 0.2) is 18.2 Å². The van der Waals surface area contributed by atoms with Gasteiger partial charge < -0.3 is 10.2 Å². The normalized spacial score (nSPS) is 16.9. The average Bonchev–Trinajstić information content (AvgIpc) is 2.41. The lowest BCUT2D eigenvalue weighted by Crippen LogP contribution is -2.34. The van der Waals surface area contributed by atoms with Gasteiger partial charge in [-0.3, -0.25) is 0 Å². The zero-order valence-corrected chi connectivity index (χ0v) is 12.7. The first-order valence-corrected chi connectivity index (χ1v) is 7.73. The van der Waals surface area contributed by atoms with E-state index < -0.39 is 0 Å². The van der Waals surface area contributed by atoms with Crippen molar-refractivity contribution in [2.75, 3.05) is 25.0 Å². The summed E-state index contributed by atoms with van der Waals surface area (Å²) in [4.78, 5) is 2.58. The standard InChI is InChI=1S/C17H28N2/c1-4-5-15-8-10-19(11-9-15)17-7-6-14(2)12-16(17)13-18-3/h6-7,12,15,18H,4-5,8-11,13H2,1-3H3. The Kier molecular flexibility index (Phi) is 5.26. The lowest BCUT2D eigenvalue weighted by atomic mass is 9.92. The second-order valence-electron chi connectivity index (χ2n) is 5.88. The largest absolute Gasteiger partial charge is 0.371 e. The highest BCUT2D eigenvalue weighted by molar-refractivity contribution is 5.55. The molecule has 106 valence electrons. The first-order valence-electron chi connectivity index (χ1n) is 7.73. The molecule has 1 aromatic rings. The molecule has 1 saturated heterocycles. The van der Waals surface area contributed by atoms with Gasteiger partial charge in [0.25, 0.3) is 0 Å². The Morgan fingerprint density at radius 1 is 1.26 bits per heavy atom. The number of anilines is 1. The van der Waals surface area contributed by atoms with E-state index in [1.807, 2.05) is 7.05 Å². The lowest BCUT2D eigenvalue weighted by molar-refractivity contribution is 0.378. The van der Waals surface area contributed by atoms with Gasteiger partial charge in [0.2, 0.25) is 0 Å². The molecule has 2 nitrogen and oxygen atoms in total. The van der Waals surface area contributed by atoms with Crippen molar-refractivity contribution >= 4 is 5.69 Å². The van der Waals surface area contributed by atoms with Gasteiger partial charge in [-0.15, -0.1) is 0 Å². The highest BCUT2D eigenvalue weighted by Crippen LogP contribution is 2.28. The van der Waals surface area contributed by atoms with Crippen LogP contribution in [0.1, 0.15) is 43.7 Å². The third kappa shape index (κ3) is 3.73. The summed E-state index contributed by atoms with van der Waals surface area (Å²) in [5.74, 6) is 0.958. The minimum Gasteiger partial charge on any atom is -0.371 e. The van der Waals surface area contributed by atoms with Crippen molar-refractivity contribution in [3.05, 3.63) is 29.3 Å². The fourth-order valence-corrected chi connectivity index (χ4v) is 3.23. The molecule has 0 spiro atoms. The Bertz CT molecular complexity index is 392. The van der Waals surface area contributed by atoms with Crippen LogP contribution in [0.3, 0.4) is 0 Å². The first kappa shape index (κ1) is 14.4. The van der Waals surface area contributed by atoms with Gasteiger partial charge in [-0.05, 0) is 44.4 Å². The Balaban J connectivity index is 2.06. The van der Waals surface area contributed by atoms with E-state index in [0.717, 1.165) is 12.5 Å². The molecule has 0 amide bonds. The van der Waals surface area contributed by atoms with Crippen molar-refractivity contribution in [3.8, 4) is 0 Å². The molecule has 0 unspecified atom stereocenters. The summed E-state index contributed by atoms with van der Waals surface area (Å²) in [6.45, 7) is 7.90. The van der Waals surface area contributed by atoms with E-state index in [2.05, 4.69) is 42.3 Å². The maximum Gasteiger partial charge on any atom is 0.0412 e. The van der Waals surface area contributed by atoms with E-state index in [-0.39, 0.29) is 0 Å². The SMILES string of the molecule is CCCC1CCN(c2ccc(C)cc2CNC)CC1. The summed E-state index contributed by atoms with van der Waals surface area (Å²) in [5, 5.41) is 3.29. The Labute approximate surface area is 118 Å². The highest BCUT2D eigenvalue weighted by atomic mass is 15.1. The van der Waals surface area contributed by atoms with Gasteiger partial charge in [0.15, 0.2) is 0 Å². The summed E-state index contributed by atoms with van der Waals surface area (Å²) in [5.41, 5.74) is 4.24. The van der Waals surface area contributed by atoms with E-state index in [0.29, 0.717) is 0 Å². The van der Waals surface area contributed by atoms with Crippen LogP contribution in [0.4, 0.5) is 5.69 Å². The second kappa shape index (κ2) is 6.95. The molecule has 2 heteroatoms. The molecule has 1 aliphatic heterocycles. The molecule has 2 rings (SSSR count). The number of aryl methyl sites for hydroxylation is 1. The lowest BCUT2D eigenvalue weighted by Gasteiger charge is -2.35. The third-order valence-corrected chi connectivity index (χ3v) is 4.25. The maximum absolute atomic E-state index is 3.29. The van der Waals surface area contributed by atoms with Gasteiger partial charge in [-0.25, -0.2) is 0 Å². The molecule has 0 aliphatic carbocycles. The van der Waals surface area contributed by atoms with Crippen LogP contribution >= 0.6 is 0 Å². The van der Waals surface area contributed by atoms with Crippen molar-refractivity contribution in [2.24, 2.45) is 5.92 Å². The van der Waals surface area contributed by atoms with Crippen molar-refractivity contribution < 1.29 is 0 Å². The van der Waals surface area contributed by atoms with Crippen molar-refractivity contribution in [3.63, 3.8) is 0 Å². The number of benzene rings is 1. The quantitative estimate of drug-likeness (QED) is 0.868. The average molecular weight is 260 g/mol. The predicted octanol–water partition coefficient (Wildman–Crippen LogP) is 3.73. The minimum absolute atomic E-state index is 0.958. The van der Waals surface area contributed by atoms with Crippen LogP contribution in [0.25, 0.3) is 0 Å². The molecule has 0 radical (unpaired) electrons. The molecule has 0 atom stereocenters. The number of nitrogens with zero attached hydrogens (tertiary/aromatic N) is 1. The van der Waals surface area contributed by atoms with Gasteiger partial charge in [-0.1, -0.05) is 37.5 Å². The minimum atomic E-state index is 0.958. The topological polar surface area (TPSA) is 15.3 Å². The third-order valence-electron chi connectivity index (χ3n) is 4.25. The molecule has 0 aromatic heterocycles. The molecular formula is C17H28N2. The molecular weight excluding hydrogens is 232 g/mol. The number of nitrogens with one attached hydrogen (secondary N) is 1. The van der Waals surface area contributed by atoms with Crippen LogP contribution in [0, 0.1) is 12.8 Å². The van der Waals surface area contributed by atoms with E-state index in [9.17, 15) is 0 Å². The molecule has 1 aliphatic rings. The van der Waals surface area contributed by atoms with Crippen molar-refractivity contribution in [2.45, 2.75) is 46.1 Å². The molecule has 0 bridgehead atoms. The molecule has 1 N–H and O–H groups in total. The molecule has 1 aromatic carbocycles. The summed E-state index contributed by atoms with van der Waals surface area (Å²) >= 11 is 0. The summed E-state index contributed by atoms with van der Waals surface area (Å²) in [7, 11) is 2.03. The molecule has 1 heterocycles. The first-order chi connectivity index (χ1) is 9.24. The van der Waals surface area contributed by atoms with Crippen LogP contribution in [-0.2, 0) is 6.54 Å². The summed E-state index contributed by atoms with van der Waals surface area (Å²) in [6.07, 6.45) is 5.47. The van der Waals surface area contributed by atoms with E-state index >= 15 is 0 Å². The smallest absolute Gasteiger partial charge is 0.0412 e. The number of rotatable bonds is 5. The van der Waals surface area contributed by atoms with Gasteiger partial charge in [0.1, 0.15) is 0 Å². The van der Waals surface area contributed by atoms with E-state index in [1.165, 1.54) is 55.6 Å². The van der Waals surface area contributed by atoms with Gasteiger partial charge in [-0.2, -0.15) is 0 Å². The Hall–Kier alpha value is -1.02. The zero-order chi connectivity index (χ0) is 13.7. The van der Waals surface area contributed by atoms with Crippen LogP contribution < -0.4 is 10.2 Å². The zero-order valence-electron chi connectivity index (χ0n) is 12.7. The van der Waals surface area contributed by atoms with Crippen LogP contribution in [0.5, 0.6) is 0 Å². The number of hydrogen-bond donors (Lipinski definition) is 1. The monoisotopic (exact) mass is 260 g/mol. The van der Waals surface area contributed by atoms with Gasteiger partial charge in [0, 0.05) is 25.3 Å². The predicted molar refractivity (Wildman–Crippen MR) is 83.8 cm³/mol. The Morgan fingerprint density at radius 2 is 2.00 bits per heavy atom. The summed E-state index contributed by atoms with van der Waals surface area (Å²) in [6, 6.07) is 6.87. The highest BCUT2D eigenvalue weighted by Gasteiger charge is 2.20. The maximum atomic E-state index is 3.29. The Morgan fingerprint density at radius 3 is 2.63 bits per heavy atom. The van der Waals surface area contributed by atoms with Crippen LogP contribution in [0.2, 0.25) is 0 Å². The van der Waals surface area contributed by atoms with Gasteiger partial charge >= 0.3 is 0 Å².